The molecule has 0 fully saturated rings. The number of halogens is 3. The molecule has 1 aliphatic rings. The summed E-state index contributed by atoms with van der Waals surface area (Å²) in [7, 11) is 1.58. The number of nitrogens with zero attached hydrogens (tertiary/aromatic N) is 1. The molecule has 0 bridgehead atoms. The van der Waals surface area contributed by atoms with Crippen LogP contribution in [0.5, 0.6) is 11.5 Å². The smallest absolute Gasteiger partial charge is 0.363 e. The Bertz CT molecular complexity index is 1300. The second-order valence-corrected chi connectivity index (χ2v) is 9.25. The zero-order valence-electron chi connectivity index (χ0n) is 17.7. The van der Waals surface area contributed by atoms with E-state index < -0.39 is 5.97 Å². The lowest BCUT2D eigenvalue weighted by Gasteiger charge is -2.14. The molecule has 0 saturated heterocycles. The van der Waals surface area contributed by atoms with Gasteiger partial charge < -0.3 is 14.2 Å². The van der Waals surface area contributed by atoms with Gasteiger partial charge in [-0.1, -0.05) is 53.0 Å². The van der Waals surface area contributed by atoms with Crippen LogP contribution in [0, 0.1) is 10.5 Å². The van der Waals surface area contributed by atoms with Crippen molar-refractivity contribution in [2.24, 2.45) is 4.99 Å². The third-order valence-corrected chi connectivity index (χ3v) is 6.35. The van der Waals surface area contributed by atoms with Crippen molar-refractivity contribution in [3.63, 3.8) is 0 Å². The Morgan fingerprint density at radius 3 is 2.64 bits per heavy atom. The van der Waals surface area contributed by atoms with Crippen LogP contribution in [0.15, 0.2) is 65.3 Å². The van der Waals surface area contributed by atoms with Crippen LogP contribution in [-0.4, -0.2) is 19.0 Å². The van der Waals surface area contributed by atoms with Crippen molar-refractivity contribution in [3.05, 3.63) is 96.2 Å². The molecule has 8 heteroatoms. The van der Waals surface area contributed by atoms with E-state index >= 15 is 0 Å². The maximum absolute atomic E-state index is 12.4. The number of esters is 1. The summed E-state index contributed by atoms with van der Waals surface area (Å²) >= 11 is 14.2. The number of carbonyl (C=O) groups excluding carboxylic acids is 1. The minimum absolute atomic E-state index is 0.169. The van der Waals surface area contributed by atoms with Crippen LogP contribution in [0.3, 0.4) is 0 Å². The average molecular weight is 594 g/mol. The summed E-state index contributed by atoms with van der Waals surface area (Å²) in [5.74, 6) is 0.812. The Morgan fingerprint density at radius 1 is 1.09 bits per heavy atom. The first kappa shape index (κ1) is 23.6. The molecule has 0 atom stereocenters. The maximum Gasteiger partial charge on any atom is 0.363 e. The normalized spacial score (nSPS) is 14.3. The number of carbonyl (C=O) groups is 1. The average Bonchev–Trinajstić information content (AvgIpc) is 3.14. The largest absolute Gasteiger partial charge is 0.493 e. The highest BCUT2D eigenvalue weighted by molar-refractivity contribution is 14.1. The Kier molecular flexibility index (Phi) is 7.26. The van der Waals surface area contributed by atoms with Crippen LogP contribution in [-0.2, 0) is 16.1 Å². The molecular formula is C25H18Cl2INO4. The van der Waals surface area contributed by atoms with E-state index in [9.17, 15) is 4.79 Å². The molecule has 3 aromatic rings. The number of aryl methyl sites for hydroxylation is 1. The van der Waals surface area contributed by atoms with Crippen LogP contribution in [0.25, 0.3) is 6.08 Å². The van der Waals surface area contributed by atoms with Gasteiger partial charge in [0, 0.05) is 5.56 Å². The van der Waals surface area contributed by atoms with Gasteiger partial charge in [0.15, 0.2) is 17.2 Å². The summed E-state index contributed by atoms with van der Waals surface area (Å²) in [5, 5.41) is 0.762. The number of benzene rings is 3. The highest BCUT2D eigenvalue weighted by atomic mass is 127. The third-order valence-electron chi connectivity index (χ3n) is 4.81. The van der Waals surface area contributed by atoms with Gasteiger partial charge in [0.25, 0.3) is 0 Å². The molecule has 5 nitrogen and oxygen atoms in total. The SMILES string of the molecule is COc1cc(/C=C2\N=C(c3ccc(Cl)c(Cl)c3)OC2=O)cc(I)c1OCc1cccc(C)c1. The van der Waals surface area contributed by atoms with Crippen LogP contribution >= 0.6 is 45.8 Å². The standard InChI is InChI=1S/C25H18Cl2INO4/c1-14-4-3-5-15(8-14)13-32-23-20(28)9-16(11-22(23)31-2)10-21-25(30)33-24(29-21)17-6-7-18(26)19(27)12-17/h3-12H,13H2,1-2H3/b21-10-. The number of rotatable bonds is 6. The quantitative estimate of drug-likeness (QED) is 0.178. The Morgan fingerprint density at radius 2 is 1.91 bits per heavy atom. The van der Waals surface area contributed by atoms with Crippen molar-refractivity contribution in [3.8, 4) is 11.5 Å². The van der Waals surface area contributed by atoms with Gasteiger partial charge in [0.1, 0.15) is 6.61 Å². The van der Waals surface area contributed by atoms with Crippen molar-refractivity contribution in [1.82, 2.24) is 0 Å². The van der Waals surface area contributed by atoms with E-state index in [0.29, 0.717) is 33.7 Å². The van der Waals surface area contributed by atoms with Crippen LogP contribution < -0.4 is 9.47 Å². The Balaban J connectivity index is 1.59. The molecule has 0 spiro atoms. The summed E-state index contributed by atoms with van der Waals surface area (Å²) in [5.41, 5.74) is 3.70. The number of aliphatic imine (C=N–C) groups is 1. The van der Waals surface area contributed by atoms with Gasteiger partial charge in [0.2, 0.25) is 5.90 Å². The Hall–Kier alpha value is -2.55. The molecule has 0 radical (unpaired) electrons. The van der Waals surface area contributed by atoms with Crippen molar-refractivity contribution in [2.75, 3.05) is 7.11 Å². The van der Waals surface area contributed by atoms with E-state index in [1.807, 2.05) is 31.2 Å². The zero-order chi connectivity index (χ0) is 23.5. The summed E-state index contributed by atoms with van der Waals surface area (Å²) < 4.78 is 17.8. The highest BCUT2D eigenvalue weighted by Gasteiger charge is 2.25. The number of hydrogen-bond donors (Lipinski definition) is 0. The number of cyclic esters (lactones) is 1. The van der Waals surface area contributed by atoms with E-state index in [0.717, 1.165) is 14.7 Å². The molecule has 0 aromatic heterocycles. The van der Waals surface area contributed by atoms with E-state index in [1.165, 1.54) is 5.56 Å². The minimum atomic E-state index is -0.551. The number of methoxy groups -OCH3 is 1. The molecule has 168 valence electrons. The lowest BCUT2D eigenvalue weighted by molar-refractivity contribution is -0.129. The van der Waals surface area contributed by atoms with Gasteiger partial charge >= 0.3 is 5.97 Å². The second kappa shape index (κ2) is 10.2. The van der Waals surface area contributed by atoms with E-state index in [-0.39, 0.29) is 11.6 Å². The first-order chi connectivity index (χ1) is 15.8. The summed E-state index contributed by atoms with van der Waals surface area (Å²) in [6.07, 6.45) is 1.64. The molecular weight excluding hydrogens is 576 g/mol. The van der Waals surface area contributed by atoms with Gasteiger partial charge in [-0.05, 0) is 77.0 Å². The highest BCUT2D eigenvalue weighted by Crippen LogP contribution is 2.36. The van der Waals surface area contributed by atoms with Crippen molar-refractivity contribution >= 4 is 63.7 Å². The van der Waals surface area contributed by atoms with Crippen molar-refractivity contribution in [2.45, 2.75) is 13.5 Å². The lowest BCUT2D eigenvalue weighted by Crippen LogP contribution is -2.05. The number of hydrogen-bond acceptors (Lipinski definition) is 5. The molecule has 0 aliphatic carbocycles. The third kappa shape index (κ3) is 5.51. The molecule has 0 N–H and O–H groups in total. The first-order valence-corrected chi connectivity index (χ1v) is 11.7. The van der Waals surface area contributed by atoms with Gasteiger partial charge in [-0.15, -0.1) is 0 Å². The fourth-order valence-corrected chi connectivity index (χ4v) is 4.32. The molecule has 3 aromatic carbocycles. The monoisotopic (exact) mass is 593 g/mol. The van der Waals surface area contributed by atoms with Crippen molar-refractivity contribution in [1.29, 1.82) is 0 Å². The molecule has 0 amide bonds. The van der Waals surface area contributed by atoms with E-state index in [2.05, 4.69) is 33.6 Å². The first-order valence-electron chi connectivity index (χ1n) is 9.88. The molecule has 1 heterocycles. The van der Waals surface area contributed by atoms with Gasteiger partial charge in [-0.3, -0.25) is 0 Å². The minimum Gasteiger partial charge on any atom is -0.493 e. The fraction of sp³-hybridized carbons (Fsp3) is 0.120. The summed E-state index contributed by atoms with van der Waals surface area (Å²) in [6, 6.07) is 16.7. The van der Waals surface area contributed by atoms with E-state index in [1.54, 1.807) is 37.5 Å². The fourth-order valence-electron chi connectivity index (χ4n) is 3.24. The van der Waals surface area contributed by atoms with Gasteiger partial charge in [-0.25, -0.2) is 9.79 Å². The van der Waals surface area contributed by atoms with Crippen LogP contribution in [0.2, 0.25) is 10.0 Å². The second-order valence-electron chi connectivity index (χ2n) is 7.28. The zero-order valence-corrected chi connectivity index (χ0v) is 21.4. The topological polar surface area (TPSA) is 57.1 Å². The van der Waals surface area contributed by atoms with Gasteiger partial charge in [-0.2, -0.15) is 0 Å². The maximum atomic E-state index is 12.4. The predicted octanol–water partition coefficient (Wildman–Crippen LogP) is 6.84. The van der Waals surface area contributed by atoms with Crippen LogP contribution in [0.4, 0.5) is 0 Å². The Labute approximate surface area is 215 Å². The van der Waals surface area contributed by atoms with E-state index in [4.69, 9.17) is 37.4 Å². The summed E-state index contributed by atoms with van der Waals surface area (Å²) in [4.78, 5) is 16.7. The molecule has 0 unspecified atom stereocenters. The molecule has 4 rings (SSSR count). The van der Waals surface area contributed by atoms with Gasteiger partial charge in [0.05, 0.1) is 20.7 Å². The molecule has 33 heavy (non-hydrogen) atoms. The lowest BCUT2D eigenvalue weighted by atomic mass is 10.1. The molecule has 1 aliphatic heterocycles. The molecule has 0 saturated carbocycles. The van der Waals surface area contributed by atoms with Crippen molar-refractivity contribution < 1.29 is 19.0 Å². The van der Waals surface area contributed by atoms with Crippen LogP contribution in [0.1, 0.15) is 22.3 Å². The number of ether oxygens (including phenoxy) is 3. The predicted molar refractivity (Wildman–Crippen MR) is 138 cm³/mol. The summed E-state index contributed by atoms with van der Waals surface area (Å²) in [6.45, 7) is 2.46.